The number of rotatable bonds is 3. The summed E-state index contributed by atoms with van der Waals surface area (Å²) in [5, 5.41) is 3.90. The number of aromatic nitrogens is 1. The first-order chi connectivity index (χ1) is 10.2. The van der Waals surface area contributed by atoms with Gasteiger partial charge >= 0.3 is 0 Å². The van der Waals surface area contributed by atoms with Crippen LogP contribution in [0.25, 0.3) is 0 Å². The SMILES string of the molecule is Cc1cc(CN2CCOC(C(=O)N3CCSCC3)C2)on1. The van der Waals surface area contributed by atoms with Gasteiger partial charge in [0.05, 0.1) is 18.8 Å². The molecular weight excluding hydrogens is 290 g/mol. The van der Waals surface area contributed by atoms with Gasteiger partial charge in [0.15, 0.2) is 5.76 Å². The van der Waals surface area contributed by atoms with E-state index in [1.54, 1.807) is 0 Å². The van der Waals surface area contributed by atoms with Gasteiger partial charge in [0.1, 0.15) is 6.10 Å². The van der Waals surface area contributed by atoms with Crippen LogP contribution in [-0.2, 0) is 16.1 Å². The van der Waals surface area contributed by atoms with E-state index in [2.05, 4.69) is 10.1 Å². The standard InChI is InChI=1S/C14H21N3O3S/c1-11-8-12(20-15-11)9-16-2-5-19-13(10-16)14(18)17-3-6-21-7-4-17/h8,13H,2-7,9-10H2,1H3. The van der Waals surface area contributed by atoms with Crippen molar-refractivity contribution in [1.82, 2.24) is 15.0 Å². The quantitative estimate of drug-likeness (QED) is 0.821. The number of hydrogen-bond donors (Lipinski definition) is 0. The van der Waals surface area contributed by atoms with E-state index in [9.17, 15) is 4.79 Å². The monoisotopic (exact) mass is 311 g/mol. The van der Waals surface area contributed by atoms with Crippen LogP contribution in [0.5, 0.6) is 0 Å². The van der Waals surface area contributed by atoms with Gasteiger partial charge in [-0.3, -0.25) is 9.69 Å². The minimum atomic E-state index is -0.342. The van der Waals surface area contributed by atoms with E-state index < -0.39 is 0 Å². The van der Waals surface area contributed by atoms with Gasteiger partial charge in [0, 0.05) is 43.8 Å². The highest BCUT2D eigenvalue weighted by Gasteiger charge is 2.31. The fourth-order valence-electron chi connectivity index (χ4n) is 2.69. The summed E-state index contributed by atoms with van der Waals surface area (Å²) in [5.74, 6) is 3.03. The minimum absolute atomic E-state index is 0.133. The van der Waals surface area contributed by atoms with E-state index in [0.29, 0.717) is 19.7 Å². The van der Waals surface area contributed by atoms with E-state index in [1.807, 2.05) is 29.7 Å². The van der Waals surface area contributed by atoms with Crippen molar-refractivity contribution in [2.75, 3.05) is 44.3 Å². The highest BCUT2D eigenvalue weighted by Crippen LogP contribution is 2.16. The maximum absolute atomic E-state index is 12.5. The van der Waals surface area contributed by atoms with Gasteiger partial charge in [-0.15, -0.1) is 0 Å². The number of morpholine rings is 1. The van der Waals surface area contributed by atoms with Crippen LogP contribution in [0.4, 0.5) is 0 Å². The predicted molar refractivity (Wildman–Crippen MR) is 80.2 cm³/mol. The normalized spacial score (nSPS) is 24.2. The van der Waals surface area contributed by atoms with Crippen LogP contribution in [0.15, 0.2) is 10.6 Å². The zero-order valence-corrected chi connectivity index (χ0v) is 13.1. The first-order valence-corrected chi connectivity index (χ1v) is 8.50. The molecule has 0 bridgehead atoms. The van der Waals surface area contributed by atoms with Crippen LogP contribution in [0.1, 0.15) is 11.5 Å². The smallest absolute Gasteiger partial charge is 0.253 e. The van der Waals surface area contributed by atoms with Gasteiger partial charge in [-0.1, -0.05) is 5.16 Å². The molecule has 2 aliphatic rings. The molecule has 2 aliphatic heterocycles. The Hall–Kier alpha value is -1.05. The molecule has 1 amide bonds. The highest BCUT2D eigenvalue weighted by molar-refractivity contribution is 7.99. The highest BCUT2D eigenvalue weighted by atomic mass is 32.2. The minimum Gasteiger partial charge on any atom is -0.366 e. The number of thioether (sulfide) groups is 1. The lowest BCUT2D eigenvalue weighted by Gasteiger charge is -2.35. The Morgan fingerprint density at radius 1 is 1.43 bits per heavy atom. The van der Waals surface area contributed by atoms with Crippen molar-refractivity contribution in [3.05, 3.63) is 17.5 Å². The predicted octanol–water partition coefficient (Wildman–Crippen LogP) is 0.759. The zero-order valence-electron chi connectivity index (χ0n) is 12.3. The molecule has 3 rings (SSSR count). The lowest BCUT2D eigenvalue weighted by Crippen LogP contribution is -2.52. The van der Waals surface area contributed by atoms with E-state index in [4.69, 9.17) is 9.26 Å². The van der Waals surface area contributed by atoms with Crippen molar-refractivity contribution in [2.24, 2.45) is 0 Å². The molecule has 7 heteroatoms. The largest absolute Gasteiger partial charge is 0.366 e. The maximum atomic E-state index is 12.5. The second-order valence-corrected chi connectivity index (χ2v) is 6.69. The van der Waals surface area contributed by atoms with Gasteiger partial charge in [0.25, 0.3) is 5.91 Å². The summed E-state index contributed by atoms with van der Waals surface area (Å²) in [5.41, 5.74) is 0.886. The van der Waals surface area contributed by atoms with Gasteiger partial charge in [-0.05, 0) is 6.92 Å². The summed E-state index contributed by atoms with van der Waals surface area (Å²) in [6, 6.07) is 1.94. The van der Waals surface area contributed by atoms with Gasteiger partial charge in [-0.25, -0.2) is 0 Å². The number of amides is 1. The summed E-state index contributed by atoms with van der Waals surface area (Å²) < 4.78 is 10.9. The van der Waals surface area contributed by atoms with Crippen LogP contribution in [-0.4, -0.2) is 71.3 Å². The third kappa shape index (κ3) is 3.78. The van der Waals surface area contributed by atoms with Crippen LogP contribution < -0.4 is 0 Å². The molecule has 2 saturated heterocycles. The van der Waals surface area contributed by atoms with Crippen LogP contribution in [0.2, 0.25) is 0 Å². The fourth-order valence-corrected chi connectivity index (χ4v) is 3.60. The Balaban J connectivity index is 1.56. The Morgan fingerprint density at radius 2 is 2.24 bits per heavy atom. The number of hydrogen-bond acceptors (Lipinski definition) is 6. The lowest BCUT2D eigenvalue weighted by atomic mass is 10.2. The topological polar surface area (TPSA) is 58.8 Å². The van der Waals surface area contributed by atoms with Crippen molar-refractivity contribution in [1.29, 1.82) is 0 Å². The number of nitrogens with zero attached hydrogens (tertiary/aromatic N) is 3. The number of aryl methyl sites for hydroxylation is 1. The molecular formula is C14H21N3O3S. The third-order valence-electron chi connectivity index (χ3n) is 3.80. The molecule has 1 atom stereocenters. The molecule has 1 aromatic rings. The zero-order chi connectivity index (χ0) is 14.7. The van der Waals surface area contributed by atoms with Crippen molar-refractivity contribution in [2.45, 2.75) is 19.6 Å². The van der Waals surface area contributed by atoms with Crippen LogP contribution >= 0.6 is 11.8 Å². The molecule has 6 nitrogen and oxygen atoms in total. The van der Waals surface area contributed by atoms with Gasteiger partial charge < -0.3 is 14.2 Å². The average molecular weight is 311 g/mol. The van der Waals surface area contributed by atoms with Crippen molar-refractivity contribution in [3.8, 4) is 0 Å². The summed E-state index contributed by atoms with van der Waals surface area (Å²) in [6.45, 7) is 6.31. The molecule has 2 fully saturated rings. The Labute approximate surface area is 128 Å². The Morgan fingerprint density at radius 3 is 2.95 bits per heavy atom. The first kappa shape index (κ1) is 14.9. The van der Waals surface area contributed by atoms with Gasteiger partial charge in [-0.2, -0.15) is 11.8 Å². The van der Waals surface area contributed by atoms with E-state index in [1.165, 1.54) is 0 Å². The number of carbonyl (C=O) groups is 1. The van der Waals surface area contributed by atoms with E-state index in [-0.39, 0.29) is 12.0 Å². The lowest BCUT2D eigenvalue weighted by molar-refractivity contribution is -0.149. The summed E-state index contributed by atoms with van der Waals surface area (Å²) >= 11 is 1.90. The molecule has 0 N–H and O–H groups in total. The third-order valence-corrected chi connectivity index (χ3v) is 4.75. The molecule has 3 heterocycles. The Bertz CT molecular complexity index is 488. The van der Waals surface area contributed by atoms with Crippen molar-refractivity contribution < 1.29 is 14.1 Å². The molecule has 1 aromatic heterocycles. The molecule has 0 saturated carbocycles. The molecule has 0 spiro atoms. The van der Waals surface area contributed by atoms with Crippen molar-refractivity contribution >= 4 is 17.7 Å². The summed E-state index contributed by atoms with van der Waals surface area (Å²) in [4.78, 5) is 16.6. The molecule has 116 valence electrons. The molecule has 1 unspecified atom stereocenters. The summed E-state index contributed by atoms with van der Waals surface area (Å²) in [7, 11) is 0. The van der Waals surface area contributed by atoms with Gasteiger partial charge in [0.2, 0.25) is 0 Å². The maximum Gasteiger partial charge on any atom is 0.253 e. The second-order valence-electron chi connectivity index (χ2n) is 5.47. The van der Waals surface area contributed by atoms with E-state index >= 15 is 0 Å². The van der Waals surface area contributed by atoms with E-state index in [0.717, 1.165) is 42.6 Å². The number of carbonyl (C=O) groups excluding carboxylic acids is 1. The van der Waals surface area contributed by atoms with Crippen LogP contribution in [0.3, 0.4) is 0 Å². The van der Waals surface area contributed by atoms with Crippen molar-refractivity contribution in [3.63, 3.8) is 0 Å². The molecule has 0 aromatic carbocycles. The average Bonchev–Trinajstić information content (AvgIpc) is 2.93. The fraction of sp³-hybridized carbons (Fsp3) is 0.714. The summed E-state index contributed by atoms with van der Waals surface area (Å²) in [6.07, 6.45) is -0.342. The second kappa shape index (κ2) is 6.81. The number of ether oxygens (including phenoxy) is 1. The van der Waals surface area contributed by atoms with Crippen LogP contribution in [0, 0.1) is 6.92 Å². The molecule has 0 aliphatic carbocycles. The molecule has 21 heavy (non-hydrogen) atoms. The Kier molecular flexibility index (Phi) is 4.82. The molecule has 0 radical (unpaired) electrons. The first-order valence-electron chi connectivity index (χ1n) is 7.35.